The first-order valence-corrected chi connectivity index (χ1v) is 9.54. The van der Waals surface area contributed by atoms with Gasteiger partial charge in [-0.25, -0.2) is 0 Å². The van der Waals surface area contributed by atoms with Crippen LogP contribution in [0.25, 0.3) is 0 Å². The quantitative estimate of drug-likeness (QED) is 0.719. The second kappa shape index (κ2) is 7.69. The third kappa shape index (κ3) is 3.90. The highest BCUT2D eigenvalue weighted by Gasteiger charge is 2.34. The van der Waals surface area contributed by atoms with E-state index < -0.39 is 0 Å². The maximum absolute atomic E-state index is 13.1. The van der Waals surface area contributed by atoms with E-state index in [-0.39, 0.29) is 11.3 Å². The third-order valence-corrected chi connectivity index (χ3v) is 5.53. The Morgan fingerprint density at radius 1 is 1.13 bits per heavy atom. The molecule has 128 valence electrons. The van der Waals surface area contributed by atoms with Crippen molar-refractivity contribution in [3.05, 3.63) is 17.5 Å². The molecular formula is C18H27ClN2O2. The molecule has 4 nitrogen and oxygen atoms in total. The molecule has 2 aliphatic carbocycles. The van der Waals surface area contributed by atoms with Crippen molar-refractivity contribution in [3.8, 4) is 0 Å². The van der Waals surface area contributed by atoms with Crippen molar-refractivity contribution in [1.29, 1.82) is 0 Å². The molecule has 1 aromatic heterocycles. The van der Waals surface area contributed by atoms with Gasteiger partial charge in [-0.2, -0.15) is 0 Å². The topological polar surface area (TPSA) is 46.3 Å². The molecule has 1 heterocycles. The van der Waals surface area contributed by atoms with Crippen LogP contribution in [0.1, 0.15) is 92.8 Å². The number of hydrogen-bond acceptors (Lipinski definition) is 3. The standard InChI is InChI=1S/C18H27ClN2O2/c1-13(19)17-12-16(20-23-17)18(22)21(14-8-4-2-5-9-14)15-10-6-3-7-11-15/h12-15H,2-11H2,1H3. The van der Waals surface area contributed by atoms with Crippen molar-refractivity contribution in [2.45, 2.75) is 88.6 Å². The van der Waals surface area contributed by atoms with E-state index >= 15 is 0 Å². The molecule has 3 rings (SSSR count). The molecule has 5 heteroatoms. The molecule has 2 saturated carbocycles. The van der Waals surface area contributed by atoms with Crippen molar-refractivity contribution < 1.29 is 9.32 Å². The summed E-state index contributed by atoms with van der Waals surface area (Å²) in [4.78, 5) is 15.3. The van der Waals surface area contributed by atoms with Gasteiger partial charge in [0.15, 0.2) is 11.5 Å². The van der Waals surface area contributed by atoms with Gasteiger partial charge in [-0.1, -0.05) is 43.7 Å². The Morgan fingerprint density at radius 2 is 1.65 bits per heavy atom. The van der Waals surface area contributed by atoms with Gasteiger partial charge >= 0.3 is 0 Å². The minimum Gasteiger partial charge on any atom is -0.359 e. The van der Waals surface area contributed by atoms with Gasteiger partial charge in [-0.15, -0.1) is 11.6 Å². The van der Waals surface area contributed by atoms with Crippen molar-refractivity contribution in [2.24, 2.45) is 0 Å². The predicted octanol–water partition coefficient (Wildman–Crippen LogP) is 5.08. The highest BCUT2D eigenvalue weighted by molar-refractivity contribution is 6.20. The molecule has 1 atom stereocenters. The van der Waals surface area contributed by atoms with E-state index in [1.165, 1.54) is 38.5 Å². The van der Waals surface area contributed by atoms with Crippen molar-refractivity contribution in [3.63, 3.8) is 0 Å². The monoisotopic (exact) mass is 338 g/mol. The molecule has 0 bridgehead atoms. The van der Waals surface area contributed by atoms with Crippen molar-refractivity contribution in [1.82, 2.24) is 10.1 Å². The molecule has 1 aromatic rings. The summed E-state index contributed by atoms with van der Waals surface area (Å²) in [5.74, 6) is 0.610. The Hall–Kier alpha value is -1.03. The maximum Gasteiger partial charge on any atom is 0.276 e. The molecule has 0 saturated heterocycles. The first-order chi connectivity index (χ1) is 11.2. The number of nitrogens with zero attached hydrogens (tertiary/aromatic N) is 2. The number of carbonyl (C=O) groups excluding carboxylic acids is 1. The summed E-state index contributed by atoms with van der Waals surface area (Å²) < 4.78 is 5.24. The maximum atomic E-state index is 13.1. The normalized spacial score (nSPS) is 22.0. The Kier molecular flexibility index (Phi) is 5.62. The van der Waals surface area contributed by atoms with Crippen LogP contribution in [0.5, 0.6) is 0 Å². The smallest absolute Gasteiger partial charge is 0.276 e. The van der Waals surface area contributed by atoms with Crippen LogP contribution in [0.4, 0.5) is 0 Å². The fraction of sp³-hybridized carbons (Fsp3) is 0.778. The zero-order valence-electron chi connectivity index (χ0n) is 14.0. The zero-order chi connectivity index (χ0) is 16.2. The molecule has 0 aromatic carbocycles. The number of amides is 1. The van der Waals surface area contributed by atoms with Gasteiger partial charge in [-0.05, 0) is 32.6 Å². The number of rotatable bonds is 4. The molecule has 0 spiro atoms. The van der Waals surface area contributed by atoms with E-state index in [0.717, 1.165) is 25.7 Å². The van der Waals surface area contributed by atoms with Gasteiger partial charge in [0.25, 0.3) is 5.91 Å². The minimum atomic E-state index is -0.262. The SMILES string of the molecule is CC(Cl)c1cc(C(=O)N(C2CCCCC2)C2CCCCC2)no1. The summed E-state index contributed by atoms with van der Waals surface area (Å²) >= 11 is 6.04. The second-order valence-electron chi connectivity index (χ2n) is 7.03. The lowest BCUT2D eigenvalue weighted by Crippen LogP contribution is -2.48. The summed E-state index contributed by atoms with van der Waals surface area (Å²) in [7, 11) is 0. The summed E-state index contributed by atoms with van der Waals surface area (Å²) in [6, 6.07) is 2.46. The van der Waals surface area contributed by atoms with E-state index in [1.54, 1.807) is 6.07 Å². The molecule has 2 aliphatic rings. The van der Waals surface area contributed by atoms with Gasteiger partial charge in [-0.3, -0.25) is 4.79 Å². The average Bonchev–Trinajstić information content (AvgIpc) is 3.07. The molecule has 1 amide bonds. The number of hydrogen-bond donors (Lipinski definition) is 0. The van der Waals surface area contributed by atoms with Crippen LogP contribution >= 0.6 is 11.6 Å². The van der Waals surface area contributed by atoms with E-state index in [0.29, 0.717) is 23.5 Å². The molecule has 2 fully saturated rings. The molecule has 0 aliphatic heterocycles. The molecular weight excluding hydrogens is 312 g/mol. The Bertz CT molecular complexity index is 499. The third-order valence-electron chi connectivity index (χ3n) is 5.31. The van der Waals surface area contributed by atoms with E-state index in [2.05, 4.69) is 10.1 Å². The largest absolute Gasteiger partial charge is 0.359 e. The summed E-state index contributed by atoms with van der Waals surface area (Å²) in [6.07, 6.45) is 12.0. The van der Waals surface area contributed by atoms with Crippen LogP contribution in [-0.2, 0) is 0 Å². The lowest BCUT2D eigenvalue weighted by molar-refractivity contribution is 0.0438. The highest BCUT2D eigenvalue weighted by atomic mass is 35.5. The van der Waals surface area contributed by atoms with Crippen molar-refractivity contribution in [2.75, 3.05) is 0 Å². The Labute approximate surface area is 143 Å². The minimum absolute atomic E-state index is 0.0381. The Morgan fingerprint density at radius 3 is 2.09 bits per heavy atom. The Balaban J connectivity index is 1.81. The van der Waals surface area contributed by atoms with Crippen LogP contribution in [0.3, 0.4) is 0 Å². The molecule has 0 N–H and O–H groups in total. The lowest BCUT2D eigenvalue weighted by atomic mass is 9.88. The van der Waals surface area contributed by atoms with Crippen LogP contribution in [0, 0.1) is 0 Å². The van der Waals surface area contributed by atoms with Gasteiger partial charge in [0.05, 0.1) is 5.38 Å². The van der Waals surface area contributed by atoms with Crippen LogP contribution in [0.2, 0.25) is 0 Å². The number of carbonyl (C=O) groups is 1. The average molecular weight is 339 g/mol. The van der Waals surface area contributed by atoms with Gasteiger partial charge in [0, 0.05) is 18.2 Å². The highest BCUT2D eigenvalue weighted by Crippen LogP contribution is 2.32. The van der Waals surface area contributed by atoms with Crippen LogP contribution in [0.15, 0.2) is 10.6 Å². The van der Waals surface area contributed by atoms with E-state index in [4.69, 9.17) is 16.1 Å². The fourth-order valence-electron chi connectivity index (χ4n) is 4.06. The lowest BCUT2D eigenvalue weighted by Gasteiger charge is -2.41. The van der Waals surface area contributed by atoms with Crippen LogP contribution < -0.4 is 0 Å². The van der Waals surface area contributed by atoms with Gasteiger partial charge in [0.1, 0.15) is 0 Å². The first kappa shape index (κ1) is 16.8. The predicted molar refractivity (Wildman–Crippen MR) is 90.7 cm³/mol. The molecule has 1 unspecified atom stereocenters. The number of aromatic nitrogens is 1. The molecule has 23 heavy (non-hydrogen) atoms. The fourth-order valence-corrected chi connectivity index (χ4v) is 4.16. The van der Waals surface area contributed by atoms with Crippen molar-refractivity contribution >= 4 is 17.5 Å². The van der Waals surface area contributed by atoms with E-state index in [1.807, 2.05) is 6.92 Å². The number of alkyl halides is 1. The number of halogens is 1. The van der Waals surface area contributed by atoms with Gasteiger partial charge < -0.3 is 9.42 Å². The van der Waals surface area contributed by atoms with Crippen LogP contribution in [-0.4, -0.2) is 28.0 Å². The van der Waals surface area contributed by atoms with E-state index in [9.17, 15) is 4.79 Å². The zero-order valence-corrected chi connectivity index (χ0v) is 14.7. The van der Waals surface area contributed by atoms with Gasteiger partial charge in [0.2, 0.25) is 0 Å². The summed E-state index contributed by atoms with van der Waals surface area (Å²) in [6.45, 7) is 1.83. The second-order valence-corrected chi connectivity index (χ2v) is 7.68. The summed E-state index contributed by atoms with van der Waals surface area (Å²) in [5.41, 5.74) is 0.420. The first-order valence-electron chi connectivity index (χ1n) is 9.10. The summed E-state index contributed by atoms with van der Waals surface area (Å²) in [5, 5.41) is 3.74. The molecule has 0 radical (unpaired) electrons.